The fourth-order valence-electron chi connectivity index (χ4n) is 3.96. The molecule has 1 aromatic rings. The van der Waals surface area contributed by atoms with E-state index in [9.17, 15) is 4.39 Å². The molecule has 2 unspecified atom stereocenters. The first-order chi connectivity index (χ1) is 13.1. The molecule has 1 aromatic carbocycles. The van der Waals surface area contributed by atoms with Gasteiger partial charge in [0.1, 0.15) is 17.7 Å². The van der Waals surface area contributed by atoms with Crippen molar-refractivity contribution in [2.75, 3.05) is 45.8 Å². The highest BCUT2D eigenvalue weighted by Gasteiger charge is 2.27. The molecule has 1 N–H and O–H groups in total. The van der Waals surface area contributed by atoms with Crippen molar-refractivity contribution in [1.29, 1.82) is 0 Å². The van der Waals surface area contributed by atoms with E-state index in [1.165, 1.54) is 51.0 Å². The molecule has 2 heterocycles. The summed E-state index contributed by atoms with van der Waals surface area (Å²) < 4.78 is 19.1. The molecule has 158 valence electrons. The maximum absolute atomic E-state index is 13.3. The van der Waals surface area contributed by atoms with E-state index in [-0.39, 0.29) is 35.9 Å². The zero-order chi connectivity index (χ0) is 19.1. The number of halogens is 2. The predicted molar refractivity (Wildman–Crippen MR) is 123 cm³/mol. The minimum atomic E-state index is -0.280. The number of rotatable bonds is 7. The van der Waals surface area contributed by atoms with Gasteiger partial charge in [0.25, 0.3) is 0 Å². The van der Waals surface area contributed by atoms with Crippen molar-refractivity contribution in [3.63, 3.8) is 0 Å². The van der Waals surface area contributed by atoms with Crippen LogP contribution in [0.3, 0.4) is 0 Å². The summed E-state index contributed by atoms with van der Waals surface area (Å²) in [6.45, 7) is 11.3. The quantitative estimate of drug-likeness (QED) is 0.350. The van der Waals surface area contributed by atoms with Crippen LogP contribution in [0, 0.1) is 11.7 Å². The molecule has 0 amide bonds. The van der Waals surface area contributed by atoms with Gasteiger partial charge in [0.05, 0.1) is 6.54 Å². The molecule has 0 spiro atoms. The molecule has 7 heteroatoms. The van der Waals surface area contributed by atoms with Gasteiger partial charge in [0.2, 0.25) is 0 Å². The third kappa shape index (κ3) is 7.06. The number of nitrogens with one attached hydrogen (secondary N) is 1. The highest BCUT2D eigenvalue weighted by atomic mass is 127. The summed E-state index contributed by atoms with van der Waals surface area (Å²) in [6, 6.07) is 6.27. The van der Waals surface area contributed by atoms with Crippen LogP contribution in [0.5, 0.6) is 5.75 Å². The van der Waals surface area contributed by atoms with E-state index in [1.807, 2.05) is 6.92 Å². The SMILES string of the molecule is CCNC(=NCC(C)Oc1cccc(F)c1)N1CCC(CN2CCCC2)C1.I. The smallest absolute Gasteiger partial charge is 0.194 e. The Morgan fingerprint density at radius 2 is 2.11 bits per heavy atom. The molecule has 2 atom stereocenters. The monoisotopic (exact) mass is 504 g/mol. The van der Waals surface area contributed by atoms with Crippen LogP contribution in [-0.2, 0) is 0 Å². The van der Waals surface area contributed by atoms with Gasteiger partial charge in [-0.1, -0.05) is 6.07 Å². The summed E-state index contributed by atoms with van der Waals surface area (Å²) in [4.78, 5) is 9.76. The van der Waals surface area contributed by atoms with E-state index in [2.05, 4.69) is 22.0 Å². The third-order valence-corrected chi connectivity index (χ3v) is 5.27. The van der Waals surface area contributed by atoms with Crippen molar-refractivity contribution in [2.24, 2.45) is 10.9 Å². The molecule has 0 bridgehead atoms. The average molecular weight is 504 g/mol. The Balaban J connectivity index is 0.00000280. The molecule has 2 aliphatic heterocycles. The van der Waals surface area contributed by atoms with Crippen molar-refractivity contribution in [2.45, 2.75) is 39.2 Å². The molecule has 0 saturated carbocycles. The van der Waals surface area contributed by atoms with Crippen LogP contribution in [0.15, 0.2) is 29.3 Å². The number of hydrogen-bond acceptors (Lipinski definition) is 3. The maximum Gasteiger partial charge on any atom is 0.194 e. The fraction of sp³-hybridized carbons (Fsp3) is 0.667. The predicted octanol–water partition coefficient (Wildman–Crippen LogP) is 3.59. The van der Waals surface area contributed by atoms with E-state index >= 15 is 0 Å². The Labute approximate surface area is 185 Å². The Bertz CT molecular complexity index is 624. The topological polar surface area (TPSA) is 40.1 Å². The summed E-state index contributed by atoms with van der Waals surface area (Å²) in [6.07, 6.45) is 3.83. The first kappa shape index (κ1) is 23.2. The molecule has 2 aliphatic rings. The lowest BCUT2D eigenvalue weighted by molar-refractivity contribution is 0.228. The molecule has 2 saturated heterocycles. The normalized spacial score (nSPS) is 21.5. The Kier molecular flexibility index (Phi) is 9.77. The van der Waals surface area contributed by atoms with Crippen LogP contribution in [0.4, 0.5) is 4.39 Å². The van der Waals surface area contributed by atoms with Crippen molar-refractivity contribution in [3.05, 3.63) is 30.1 Å². The zero-order valence-electron chi connectivity index (χ0n) is 17.1. The van der Waals surface area contributed by atoms with Gasteiger partial charge in [-0.2, -0.15) is 0 Å². The molecular formula is C21H34FIN4O. The second-order valence-corrected chi connectivity index (χ2v) is 7.69. The van der Waals surface area contributed by atoms with Crippen molar-refractivity contribution < 1.29 is 9.13 Å². The number of benzene rings is 1. The molecule has 0 aromatic heterocycles. The third-order valence-electron chi connectivity index (χ3n) is 5.27. The largest absolute Gasteiger partial charge is 0.489 e. The molecule has 2 fully saturated rings. The van der Waals surface area contributed by atoms with Crippen LogP contribution >= 0.6 is 24.0 Å². The number of likely N-dealkylation sites (tertiary alicyclic amines) is 2. The first-order valence-electron chi connectivity index (χ1n) is 10.3. The summed E-state index contributed by atoms with van der Waals surface area (Å²) in [5, 5.41) is 3.41. The lowest BCUT2D eigenvalue weighted by atomic mass is 10.1. The summed E-state index contributed by atoms with van der Waals surface area (Å²) >= 11 is 0. The fourth-order valence-corrected chi connectivity index (χ4v) is 3.96. The summed E-state index contributed by atoms with van der Waals surface area (Å²) in [7, 11) is 0. The number of nitrogens with zero attached hydrogens (tertiary/aromatic N) is 3. The van der Waals surface area contributed by atoms with Gasteiger partial charge in [0, 0.05) is 32.2 Å². The number of hydrogen-bond donors (Lipinski definition) is 1. The maximum atomic E-state index is 13.3. The summed E-state index contributed by atoms with van der Waals surface area (Å²) in [5.41, 5.74) is 0. The van der Waals surface area contributed by atoms with Gasteiger partial charge in [-0.05, 0) is 64.3 Å². The second-order valence-electron chi connectivity index (χ2n) is 7.69. The van der Waals surface area contributed by atoms with Crippen LogP contribution in [0.1, 0.15) is 33.1 Å². The highest BCUT2D eigenvalue weighted by Crippen LogP contribution is 2.20. The van der Waals surface area contributed by atoms with Crippen molar-refractivity contribution >= 4 is 29.9 Å². The molecule has 0 radical (unpaired) electrons. The van der Waals surface area contributed by atoms with Crippen LogP contribution in [-0.4, -0.2) is 67.7 Å². The Morgan fingerprint density at radius 3 is 2.82 bits per heavy atom. The molecule has 28 heavy (non-hydrogen) atoms. The van der Waals surface area contributed by atoms with E-state index in [1.54, 1.807) is 12.1 Å². The Morgan fingerprint density at radius 1 is 1.32 bits per heavy atom. The molecule has 5 nitrogen and oxygen atoms in total. The van der Waals surface area contributed by atoms with Gasteiger partial charge < -0.3 is 19.9 Å². The van der Waals surface area contributed by atoms with Crippen molar-refractivity contribution in [1.82, 2.24) is 15.1 Å². The number of ether oxygens (including phenoxy) is 1. The summed E-state index contributed by atoms with van der Waals surface area (Å²) in [5.74, 6) is 1.97. The van der Waals surface area contributed by atoms with Gasteiger partial charge in [-0.15, -0.1) is 24.0 Å². The van der Waals surface area contributed by atoms with E-state index in [4.69, 9.17) is 9.73 Å². The Hall–Kier alpha value is -1.09. The number of aliphatic imine (C=N–C) groups is 1. The molecule has 3 rings (SSSR count). The van der Waals surface area contributed by atoms with Crippen LogP contribution < -0.4 is 10.1 Å². The minimum Gasteiger partial charge on any atom is -0.489 e. The first-order valence-corrected chi connectivity index (χ1v) is 10.3. The average Bonchev–Trinajstić information content (AvgIpc) is 3.31. The van der Waals surface area contributed by atoms with Crippen LogP contribution in [0.2, 0.25) is 0 Å². The lowest BCUT2D eigenvalue weighted by Gasteiger charge is -2.24. The zero-order valence-corrected chi connectivity index (χ0v) is 19.4. The van der Waals surface area contributed by atoms with E-state index in [0.717, 1.165) is 31.5 Å². The van der Waals surface area contributed by atoms with Gasteiger partial charge in [-0.25, -0.2) is 9.38 Å². The van der Waals surface area contributed by atoms with Crippen molar-refractivity contribution in [3.8, 4) is 5.75 Å². The molecular weight excluding hydrogens is 470 g/mol. The van der Waals surface area contributed by atoms with Gasteiger partial charge >= 0.3 is 0 Å². The van der Waals surface area contributed by atoms with Gasteiger partial charge in [0.15, 0.2) is 5.96 Å². The second kappa shape index (κ2) is 11.8. The van der Waals surface area contributed by atoms with E-state index in [0.29, 0.717) is 12.3 Å². The van der Waals surface area contributed by atoms with Gasteiger partial charge in [-0.3, -0.25) is 0 Å². The lowest BCUT2D eigenvalue weighted by Crippen LogP contribution is -2.41. The highest BCUT2D eigenvalue weighted by molar-refractivity contribution is 14.0. The molecule has 0 aliphatic carbocycles. The van der Waals surface area contributed by atoms with Crippen LogP contribution in [0.25, 0.3) is 0 Å². The minimum absolute atomic E-state index is 0. The number of guanidine groups is 1. The van der Waals surface area contributed by atoms with E-state index < -0.39 is 0 Å². The standard InChI is InChI=1S/C21H33FN4O.HI/c1-3-23-21(24-14-17(2)27-20-8-6-7-19(22)13-20)26-12-9-18(16-26)15-25-10-4-5-11-25;/h6-8,13,17-18H,3-5,9-12,14-16H2,1-2H3,(H,23,24);1H.